The molecular formula is C39H46O21. The molecule has 3 aliphatic rings. The van der Waals surface area contributed by atoms with Crippen LogP contribution < -0.4 is 4.74 Å². The summed E-state index contributed by atoms with van der Waals surface area (Å²) in [5.41, 5.74) is -2.17. The van der Waals surface area contributed by atoms with Crippen LogP contribution in [-0.4, -0.2) is 128 Å². The van der Waals surface area contributed by atoms with Crippen LogP contribution in [0.4, 0.5) is 0 Å². The van der Waals surface area contributed by atoms with E-state index >= 15 is 0 Å². The van der Waals surface area contributed by atoms with E-state index in [9.17, 15) is 43.2 Å². The molecule has 21 heteroatoms. The van der Waals surface area contributed by atoms with Gasteiger partial charge in [-0.2, -0.15) is 0 Å². The number of rotatable bonds is 16. The molecule has 1 aromatic carbocycles. The average Bonchev–Trinajstić information content (AvgIpc) is 3.39. The smallest absolute Gasteiger partial charge is 0.338 e. The van der Waals surface area contributed by atoms with Gasteiger partial charge in [-0.15, -0.1) is 0 Å². The predicted octanol–water partition coefficient (Wildman–Crippen LogP) is 1.19. The summed E-state index contributed by atoms with van der Waals surface area (Å²) < 4.78 is 68.7. The Hall–Kier alpha value is -5.93. The average molecular weight is 851 g/mol. The van der Waals surface area contributed by atoms with Crippen LogP contribution in [0.5, 0.6) is 5.75 Å². The molecule has 1 aromatic rings. The third-order valence-corrected chi connectivity index (χ3v) is 9.09. The van der Waals surface area contributed by atoms with Crippen LogP contribution in [0.25, 0.3) is 0 Å². The van der Waals surface area contributed by atoms with Crippen molar-refractivity contribution >= 4 is 53.5 Å². The number of esters is 8. The van der Waals surface area contributed by atoms with Crippen LogP contribution in [-0.2, 0) is 90.5 Å². The maximum Gasteiger partial charge on any atom is 0.338 e. The third kappa shape index (κ3) is 11.8. The first kappa shape index (κ1) is 46.8. The lowest BCUT2D eigenvalue weighted by Gasteiger charge is -2.47. The van der Waals surface area contributed by atoms with Gasteiger partial charge in [-0.05, 0) is 37.3 Å². The molecule has 328 valence electrons. The van der Waals surface area contributed by atoms with E-state index in [-0.39, 0.29) is 11.3 Å². The first-order valence-electron chi connectivity index (χ1n) is 18.4. The van der Waals surface area contributed by atoms with E-state index in [1.807, 2.05) is 0 Å². The fourth-order valence-electron chi connectivity index (χ4n) is 7.04. The zero-order valence-corrected chi connectivity index (χ0v) is 33.9. The van der Waals surface area contributed by atoms with Crippen molar-refractivity contribution in [1.29, 1.82) is 0 Å². The normalized spacial score (nSPS) is 29.0. The van der Waals surface area contributed by atoms with Gasteiger partial charge in [0.2, 0.25) is 12.6 Å². The van der Waals surface area contributed by atoms with E-state index in [0.717, 1.165) is 47.8 Å². The standard InChI is InChI=1S/C39H46O21/c1-18(40)15-52-39(17-51-20(3)42)30-28(31(35(39)57-25(8)47)59-36(48)26-9-11-27(12-10-26)53-21(4)43)13-14-49-37(30)60-38-34(56-24(7)46)33(55-23(6)45)32(54-22(5)44)29(58-38)16-50-19(2)41/h9-14,28-35,37-38H,15-17H2,1-8H3/t28-,29-,30-,31+,32-,33+,34-,35-,37?,38+,39?/m1/s1. The fourth-order valence-corrected chi connectivity index (χ4v) is 7.04. The largest absolute Gasteiger partial charge is 0.472 e. The second kappa shape index (κ2) is 20.4. The number of hydrogen-bond donors (Lipinski definition) is 0. The first-order valence-corrected chi connectivity index (χ1v) is 18.4. The van der Waals surface area contributed by atoms with Crippen LogP contribution in [0.1, 0.15) is 65.7 Å². The summed E-state index contributed by atoms with van der Waals surface area (Å²) in [6, 6.07) is 5.29. The maximum absolute atomic E-state index is 13.8. The van der Waals surface area contributed by atoms with Gasteiger partial charge >= 0.3 is 47.8 Å². The van der Waals surface area contributed by atoms with Crippen molar-refractivity contribution in [2.24, 2.45) is 11.8 Å². The number of hydrogen-bond acceptors (Lipinski definition) is 21. The summed E-state index contributed by atoms with van der Waals surface area (Å²) in [5.74, 6) is -9.71. The summed E-state index contributed by atoms with van der Waals surface area (Å²) in [5, 5.41) is 0. The SMILES string of the molecule is CC(=O)COC1(COC(C)=O)[C@H](OC(C)=O)[C@@H](OC(=O)c2ccc(OC(C)=O)cc2)[C@@H]2C=COC(O[C@@H]3O[C@H](COC(C)=O)[C@@H](OC(C)=O)[C@H](OC(C)=O)[C@H]3OC(C)=O)[C@@H]21. The highest BCUT2D eigenvalue weighted by Crippen LogP contribution is 2.52. The minimum absolute atomic E-state index is 0.0347. The van der Waals surface area contributed by atoms with E-state index < -0.39 is 140 Å². The number of ketones is 1. The second-order valence-electron chi connectivity index (χ2n) is 13.9. The number of carbonyl (C=O) groups excluding carboxylic acids is 9. The highest BCUT2D eigenvalue weighted by atomic mass is 16.8. The molecule has 4 rings (SSSR count). The van der Waals surface area contributed by atoms with Gasteiger partial charge in [0.25, 0.3) is 0 Å². The molecule has 11 atom stereocenters. The Morgan fingerprint density at radius 1 is 0.617 bits per heavy atom. The molecule has 0 amide bonds. The first-order chi connectivity index (χ1) is 28.2. The molecule has 0 aromatic heterocycles. The summed E-state index contributed by atoms with van der Waals surface area (Å²) in [6.07, 6.45) is -10.5. The van der Waals surface area contributed by atoms with Crippen molar-refractivity contribution in [2.45, 2.75) is 110 Å². The molecule has 1 aliphatic carbocycles. The van der Waals surface area contributed by atoms with Crippen molar-refractivity contribution in [3.8, 4) is 5.75 Å². The highest BCUT2D eigenvalue weighted by molar-refractivity contribution is 5.90. The minimum Gasteiger partial charge on any atom is -0.472 e. The van der Waals surface area contributed by atoms with Crippen LogP contribution in [0.15, 0.2) is 36.6 Å². The Bertz CT molecular complexity index is 1820. The number of benzene rings is 1. The van der Waals surface area contributed by atoms with Crippen molar-refractivity contribution in [1.82, 2.24) is 0 Å². The lowest BCUT2D eigenvalue weighted by molar-refractivity contribution is -0.351. The predicted molar refractivity (Wildman–Crippen MR) is 193 cm³/mol. The number of Topliss-reactive ketones (excluding diaryl/α,β-unsaturated/α-hetero) is 1. The molecule has 21 nitrogen and oxygen atoms in total. The number of ether oxygens (including phenoxy) is 12. The Kier molecular flexibility index (Phi) is 15.9. The van der Waals surface area contributed by atoms with Crippen molar-refractivity contribution < 1.29 is 100.0 Å². The molecule has 0 radical (unpaired) electrons. The zero-order chi connectivity index (χ0) is 44.5. The lowest BCUT2D eigenvalue weighted by Crippen LogP contribution is -2.64. The molecule has 2 fully saturated rings. The number of fused-ring (bicyclic) bond motifs is 1. The van der Waals surface area contributed by atoms with Gasteiger partial charge in [0.15, 0.2) is 35.8 Å². The summed E-state index contributed by atoms with van der Waals surface area (Å²) in [7, 11) is 0. The fraction of sp³-hybridized carbons (Fsp3) is 0.564. The van der Waals surface area contributed by atoms with E-state index in [2.05, 4.69) is 0 Å². The van der Waals surface area contributed by atoms with Gasteiger partial charge in [-0.25, -0.2) is 4.79 Å². The van der Waals surface area contributed by atoms with Gasteiger partial charge in [-0.3, -0.25) is 38.4 Å². The van der Waals surface area contributed by atoms with Crippen LogP contribution >= 0.6 is 0 Å². The van der Waals surface area contributed by atoms with Gasteiger partial charge < -0.3 is 56.8 Å². The van der Waals surface area contributed by atoms with E-state index in [1.165, 1.54) is 44.2 Å². The van der Waals surface area contributed by atoms with E-state index in [1.54, 1.807) is 0 Å². The molecule has 2 heterocycles. The van der Waals surface area contributed by atoms with Crippen molar-refractivity contribution in [2.75, 3.05) is 19.8 Å². The second-order valence-corrected chi connectivity index (χ2v) is 13.9. The summed E-state index contributed by atoms with van der Waals surface area (Å²) in [6.45, 7) is 6.67. The third-order valence-electron chi connectivity index (χ3n) is 9.09. The van der Waals surface area contributed by atoms with Crippen molar-refractivity contribution in [3.63, 3.8) is 0 Å². The van der Waals surface area contributed by atoms with Gasteiger partial charge in [0, 0.05) is 54.4 Å². The van der Waals surface area contributed by atoms with E-state index in [0.29, 0.717) is 0 Å². The summed E-state index contributed by atoms with van der Waals surface area (Å²) >= 11 is 0. The Labute approximate surface area is 343 Å². The molecule has 2 aliphatic heterocycles. The zero-order valence-electron chi connectivity index (χ0n) is 33.9. The lowest BCUT2D eigenvalue weighted by atomic mass is 9.83. The monoisotopic (exact) mass is 850 g/mol. The Morgan fingerprint density at radius 3 is 1.75 bits per heavy atom. The van der Waals surface area contributed by atoms with Gasteiger partial charge in [0.05, 0.1) is 17.7 Å². The quantitative estimate of drug-likeness (QED) is 0.128. The number of carbonyl (C=O) groups is 9. The molecular weight excluding hydrogens is 804 g/mol. The molecule has 2 unspecified atom stereocenters. The topological polar surface area (TPSA) is 264 Å². The van der Waals surface area contributed by atoms with Crippen molar-refractivity contribution in [3.05, 3.63) is 42.2 Å². The highest BCUT2D eigenvalue weighted by Gasteiger charge is 2.69. The molecule has 0 N–H and O–H groups in total. The minimum atomic E-state index is -2.13. The molecule has 0 spiro atoms. The molecule has 0 bridgehead atoms. The van der Waals surface area contributed by atoms with E-state index in [4.69, 9.17) is 56.8 Å². The van der Waals surface area contributed by atoms with Crippen LogP contribution in [0, 0.1) is 11.8 Å². The summed E-state index contributed by atoms with van der Waals surface area (Å²) in [4.78, 5) is 112. The van der Waals surface area contributed by atoms with Gasteiger partial charge in [0.1, 0.15) is 37.8 Å². The Morgan fingerprint density at radius 2 is 1.20 bits per heavy atom. The van der Waals surface area contributed by atoms with Crippen LogP contribution in [0.3, 0.4) is 0 Å². The molecule has 60 heavy (non-hydrogen) atoms. The Balaban J connectivity index is 1.87. The maximum atomic E-state index is 13.8. The van der Waals surface area contributed by atoms with Crippen LogP contribution in [0.2, 0.25) is 0 Å². The molecule has 1 saturated heterocycles. The van der Waals surface area contributed by atoms with Gasteiger partial charge in [-0.1, -0.05) is 0 Å². The molecule has 1 saturated carbocycles.